The molecule has 5 nitrogen and oxygen atoms in total. The van der Waals surface area contributed by atoms with Crippen molar-refractivity contribution in [3.05, 3.63) is 34.6 Å². The number of benzene rings is 1. The molecule has 0 saturated carbocycles. The van der Waals surface area contributed by atoms with Gasteiger partial charge in [0.1, 0.15) is 5.82 Å². The lowest BCUT2D eigenvalue weighted by Gasteiger charge is -2.32. The number of rotatable bonds is 3. The summed E-state index contributed by atoms with van der Waals surface area (Å²) in [5, 5.41) is 0.222. The van der Waals surface area contributed by atoms with Crippen molar-refractivity contribution in [2.75, 3.05) is 19.3 Å². The van der Waals surface area contributed by atoms with Gasteiger partial charge in [-0.2, -0.15) is 0 Å². The second-order valence-electron chi connectivity index (χ2n) is 5.10. The van der Waals surface area contributed by atoms with Crippen molar-refractivity contribution >= 4 is 27.5 Å². The van der Waals surface area contributed by atoms with Crippen molar-refractivity contribution in [1.82, 2.24) is 9.62 Å². The highest BCUT2D eigenvalue weighted by Crippen LogP contribution is 2.19. The van der Waals surface area contributed by atoms with E-state index >= 15 is 0 Å². The van der Waals surface area contributed by atoms with Crippen LogP contribution < -0.4 is 4.72 Å². The third-order valence-electron chi connectivity index (χ3n) is 3.25. The van der Waals surface area contributed by atoms with E-state index in [4.69, 9.17) is 11.6 Å². The third-order valence-corrected chi connectivity index (χ3v) is 4.25. The van der Waals surface area contributed by atoms with Crippen LogP contribution in [0.3, 0.4) is 0 Å². The number of likely N-dealkylation sites (tertiary alicyclic amines) is 1. The fraction of sp³-hybridized carbons (Fsp3) is 0.462. The normalized spacial score (nSPS) is 19.6. The van der Waals surface area contributed by atoms with Gasteiger partial charge in [-0.3, -0.25) is 4.79 Å². The minimum absolute atomic E-state index is 0.0561. The van der Waals surface area contributed by atoms with Gasteiger partial charge in [-0.15, -0.1) is 0 Å². The molecule has 0 aliphatic carbocycles. The molecular formula is C13H16ClFN2O3S. The molecule has 8 heteroatoms. The van der Waals surface area contributed by atoms with Gasteiger partial charge in [-0.05, 0) is 31.0 Å². The van der Waals surface area contributed by atoms with E-state index in [1.54, 1.807) is 0 Å². The molecule has 0 bridgehead atoms. The Morgan fingerprint density at radius 2 is 2.19 bits per heavy atom. The molecule has 1 heterocycles. The SMILES string of the molecule is CS(=O)(=O)N[C@@H]1CCCN(C(=O)c2ccc(Cl)cc2F)C1. The second kappa shape index (κ2) is 6.29. The van der Waals surface area contributed by atoms with Crippen LogP contribution in [0.15, 0.2) is 18.2 Å². The van der Waals surface area contributed by atoms with Gasteiger partial charge in [0.2, 0.25) is 10.0 Å². The Morgan fingerprint density at radius 3 is 2.81 bits per heavy atom. The molecule has 1 saturated heterocycles. The predicted octanol–water partition coefficient (Wildman–Crippen LogP) is 1.63. The van der Waals surface area contributed by atoms with Crippen LogP contribution in [0.1, 0.15) is 23.2 Å². The lowest BCUT2D eigenvalue weighted by Crippen LogP contribution is -2.49. The Kier molecular flexibility index (Phi) is 4.85. The van der Waals surface area contributed by atoms with Gasteiger partial charge in [0, 0.05) is 24.2 Å². The van der Waals surface area contributed by atoms with Crippen molar-refractivity contribution in [3.8, 4) is 0 Å². The zero-order valence-corrected chi connectivity index (χ0v) is 13.0. The molecule has 21 heavy (non-hydrogen) atoms. The number of nitrogens with one attached hydrogen (secondary N) is 1. The molecule has 1 aliphatic heterocycles. The summed E-state index contributed by atoms with van der Waals surface area (Å²) in [4.78, 5) is 13.8. The summed E-state index contributed by atoms with van der Waals surface area (Å²) >= 11 is 5.66. The highest BCUT2D eigenvalue weighted by molar-refractivity contribution is 7.88. The van der Waals surface area contributed by atoms with E-state index in [0.29, 0.717) is 19.4 Å². The molecule has 0 aromatic heterocycles. The van der Waals surface area contributed by atoms with Crippen LogP contribution in [0.25, 0.3) is 0 Å². The van der Waals surface area contributed by atoms with Crippen molar-refractivity contribution < 1.29 is 17.6 Å². The van der Waals surface area contributed by atoms with Crippen molar-refractivity contribution in [1.29, 1.82) is 0 Å². The molecule has 116 valence electrons. The Labute approximate surface area is 128 Å². The van der Waals surface area contributed by atoms with Crippen LogP contribution in [0.4, 0.5) is 4.39 Å². The first-order chi connectivity index (χ1) is 9.76. The fourth-order valence-electron chi connectivity index (χ4n) is 2.39. The van der Waals surface area contributed by atoms with E-state index < -0.39 is 21.7 Å². The molecule has 1 aromatic rings. The van der Waals surface area contributed by atoms with Gasteiger partial charge in [0.05, 0.1) is 11.8 Å². The number of amides is 1. The number of sulfonamides is 1. The average molecular weight is 335 g/mol. The summed E-state index contributed by atoms with van der Waals surface area (Å²) in [7, 11) is -3.33. The minimum atomic E-state index is -3.33. The van der Waals surface area contributed by atoms with E-state index in [1.165, 1.54) is 17.0 Å². The first-order valence-corrected chi connectivity index (χ1v) is 8.75. The quantitative estimate of drug-likeness (QED) is 0.913. The zero-order chi connectivity index (χ0) is 15.6. The summed E-state index contributed by atoms with van der Waals surface area (Å²) in [5.41, 5.74) is -0.0561. The maximum absolute atomic E-state index is 13.8. The lowest BCUT2D eigenvalue weighted by molar-refractivity contribution is 0.0698. The van der Waals surface area contributed by atoms with Gasteiger partial charge < -0.3 is 4.90 Å². The molecule has 0 unspecified atom stereocenters. The third kappa shape index (κ3) is 4.39. The van der Waals surface area contributed by atoms with Crippen molar-refractivity contribution in [2.24, 2.45) is 0 Å². The molecule has 1 N–H and O–H groups in total. The van der Waals surface area contributed by atoms with E-state index in [0.717, 1.165) is 12.3 Å². The van der Waals surface area contributed by atoms with E-state index in [9.17, 15) is 17.6 Å². The molecule has 1 aromatic carbocycles. The van der Waals surface area contributed by atoms with E-state index in [-0.39, 0.29) is 23.2 Å². The standard InChI is InChI=1S/C13H16ClFN2O3S/c1-21(19,20)16-10-3-2-6-17(8-10)13(18)11-5-4-9(14)7-12(11)15/h4-5,7,10,16H,2-3,6,8H2,1H3/t10-/m1/s1. The van der Waals surface area contributed by atoms with Crippen LogP contribution in [0.5, 0.6) is 0 Å². The summed E-state index contributed by atoms with van der Waals surface area (Å²) in [6, 6.07) is 3.54. The first kappa shape index (κ1) is 16.2. The number of carbonyl (C=O) groups excluding carboxylic acids is 1. The number of hydrogen-bond acceptors (Lipinski definition) is 3. The second-order valence-corrected chi connectivity index (χ2v) is 7.32. The average Bonchev–Trinajstić information content (AvgIpc) is 2.36. The topological polar surface area (TPSA) is 66.5 Å². The molecule has 0 radical (unpaired) electrons. The first-order valence-electron chi connectivity index (χ1n) is 6.48. The Morgan fingerprint density at radius 1 is 1.48 bits per heavy atom. The lowest BCUT2D eigenvalue weighted by atomic mass is 10.1. The zero-order valence-electron chi connectivity index (χ0n) is 11.5. The highest BCUT2D eigenvalue weighted by atomic mass is 35.5. The van der Waals surface area contributed by atoms with Gasteiger partial charge in [-0.25, -0.2) is 17.5 Å². The molecule has 1 amide bonds. The van der Waals surface area contributed by atoms with Crippen LogP contribution in [0, 0.1) is 5.82 Å². The molecule has 1 atom stereocenters. The van der Waals surface area contributed by atoms with Crippen LogP contribution in [0.2, 0.25) is 5.02 Å². The number of nitrogens with zero attached hydrogens (tertiary/aromatic N) is 1. The van der Waals surface area contributed by atoms with Crippen LogP contribution in [-0.4, -0.2) is 44.6 Å². The van der Waals surface area contributed by atoms with Gasteiger partial charge in [0.15, 0.2) is 0 Å². The maximum Gasteiger partial charge on any atom is 0.256 e. The minimum Gasteiger partial charge on any atom is -0.337 e. The summed E-state index contributed by atoms with van der Waals surface area (Å²) < 4.78 is 38.8. The van der Waals surface area contributed by atoms with E-state index in [2.05, 4.69) is 4.72 Å². The van der Waals surface area contributed by atoms with Gasteiger partial charge in [0.25, 0.3) is 5.91 Å². The largest absolute Gasteiger partial charge is 0.337 e. The van der Waals surface area contributed by atoms with Crippen LogP contribution in [-0.2, 0) is 10.0 Å². The number of piperidine rings is 1. The monoisotopic (exact) mass is 334 g/mol. The molecule has 1 aliphatic rings. The highest BCUT2D eigenvalue weighted by Gasteiger charge is 2.27. The molecule has 1 fully saturated rings. The molecule has 2 rings (SSSR count). The summed E-state index contributed by atoms with van der Waals surface area (Å²) in [6.45, 7) is 0.705. The van der Waals surface area contributed by atoms with E-state index in [1.807, 2.05) is 0 Å². The molecule has 0 spiro atoms. The summed E-state index contributed by atoms with van der Waals surface area (Å²) in [5.74, 6) is -1.13. The smallest absolute Gasteiger partial charge is 0.256 e. The van der Waals surface area contributed by atoms with Gasteiger partial charge in [-0.1, -0.05) is 11.6 Å². The van der Waals surface area contributed by atoms with Crippen LogP contribution >= 0.6 is 11.6 Å². The number of hydrogen-bond donors (Lipinski definition) is 1. The van der Waals surface area contributed by atoms with Crippen molar-refractivity contribution in [3.63, 3.8) is 0 Å². The number of carbonyl (C=O) groups is 1. The maximum atomic E-state index is 13.8. The van der Waals surface area contributed by atoms with Crippen molar-refractivity contribution in [2.45, 2.75) is 18.9 Å². The van der Waals surface area contributed by atoms with Gasteiger partial charge >= 0.3 is 0 Å². The Hall–Kier alpha value is -1.18. The Balaban J connectivity index is 2.12. The molecular weight excluding hydrogens is 319 g/mol. The summed E-state index contributed by atoms with van der Waals surface area (Å²) in [6.07, 6.45) is 2.39. The predicted molar refractivity (Wildman–Crippen MR) is 78.3 cm³/mol. The Bertz CT molecular complexity index is 651. The number of halogens is 2. The fourth-order valence-corrected chi connectivity index (χ4v) is 3.35.